The third kappa shape index (κ3) is 4.42. The number of rotatable bonds is 7. The van der Waals surface area contributed by atoms with E-state index in [2.05, 4.69) is 10.5 Å². The highest BCUT2D eigenvalue weighted by Gasteiger charge is 2.16. The van der Waals surface area contributed by atoms with E-state index in [4.69, 9.17) is 27.2 Å². The highest BCUT2D eigenvalue weighted by molar-refractivity contribution is 7.80. The van der Waals surface area contributed by atoms with Crippen molar-refractivity contribution in [3.8, 4) is 0 Å². The molecule has 0 aliphatic rings. The number of carbonyl (C=O) groups is 1. The lowest BCUT2D eigenvalue weighted by atomic mass is 10.1. The number of carbonyl (C=O) groups excluding carboxylic acids is 1. The van der Waals surface area contributed by atoms with Crippen molar-refractivity contribution in [1.29, 1.82) is 0 Å². The zero-order valence-corrected chi connectivity index (χ0v) is 11.3. The number of hydrogen-bond donors (Lipinski definition) is 2. The van der Waals surface area contributed by atoms with Crippen LogP contribution in [0.4, 0.5) is 0 Å². The van der Waals surface area contributed by atoms with E-state index >= 15 is 0 Å². The Labute approximate surface area is 111 Å². The van der Waals surface area contributed by atoms with Crippen LogP contribution in [-0.4, -0.2) is 29.2 Å². The second-order valence-electron chi connectivity index (χ2n) is 3.86. The third-order valence-electron chi connectivity index (χ3n) is 2.35. The molecule has 0 saturated heterocycles. The summed E-state index contributed by atoms with van der Waals surface area (Å²) < 4.78 is 9.81. The van der Waals surface area contributed by atoms with Gasteiger partial charge in [0.15, 0.2) is 11.5 Å². The van der Waals surface area contributed by atoms with Crippen molar-refractivity contribution in [1.82, 2.24) is 10.5 Å². The monoisotopic (exact) mass is 271 g/mol. The number of aromatic nitrogens is 1. The van der Waals surface area contributed by atoms with Crippen LogP contribution in [0.5, 0.6) is 0 Å². The molecule has 0 bridgehead atoms. The van der Waals surface area contributed by atoms with E-state index in [0.717, 1.165) is 6.42 Å². The van der Waals surface area contributed by atoms with Crippen LogP contribution < -0.4 is 11.1 Å². The molecule has 6 nitrogen and oxygen atoms in total. The molecule has 0 spiro atoms. The highest BCUT2D eigenvalue weighted by atomic mass is 32.1. The van der Waals surface area contributed by atoms with Crippen molar-refractivity contribution in [3.63, 3.8) is 0 Å². The predicted molar refractivity (Wildman–Crippen MR) is 70.2 cm³/mol. The topological polar surface area (TPSA) is 90.4 Å². The van der Waals surface area contributed by atoms with Crippen molar-refractivity contribution in [2.45, 2.75) is 32.4 Å². The van der Waals surface area contributed by atoms with Crippen LogP contribution >= 0.6 is 12.2 Å². The smallest absolute Gasteiger partial charge is 0.273 e. The zero-order chi connectivity index (χ0) is 13.5. The maximum absolute atomic E-state index is 11.9. The van der Waals surface area contributed by atoms with Crippen molar-refractivity contribution in [2.24, 2.45) is 5.73 Å². The minimum Gasteiger partial charge on any atom is -0.393 e. The molecule has 1 atom stereocenters. The summed E-state index contributed by atoms with van der Waals surface area (Å²) in [5.74, 6) is 0.203. The summed E-state index contributed by atoms with van der Waals surface area (Å²) in [6.45, 7) is 2.23. The van der Waals surface area contributed by atoms with Gasteiger partial charge in [0.25, 0.3) is 5.91 Å². The first-order valence-corrected chi connectivity index (χ1v) is 6.01. The molecule has 1 aromatic heterocycles. The zero-order valence-electron chi connectivity index (χ0n) is 10.4. The van der Waals surface area contributed by atoms with Crippen LogP contribution in [0.25, 0.3) is 0 Å². The van der Waals surface area contributed by atoms with Crippen molar-refractivity contribution >= 4 is 23.1 Å². The molecule has 0 aliphatic heterocycles. The van der Waals surface area contributed by atoms with Gasteiger partial charge in [0.1, 0.15) is 6.61 Å². The van der Waals surface area contributed by atoms with Gasteiger partial charge in [-0.2, -0.15) is 0 Å². The van der Waals surface area contributed by atoms with E-state index in [1.54, 1.807) is 6.07 Å². The fourth-order valence-electron chi connectivity index (χ4n) is 1.43. The molecule has 1 amide bonds. The van der Waals surface area contributed by atoms with E-state index in [9.17, 15) is 4.79 Å². The number of ether oxygens (including phenoxy) is 1. The number of nitrogens with two attached hydrogens (primary N) is 1. The van der Waals surface area contributed by atoms with Crippen molar-refractivity contribution in [2.75, 3.05) is 7.11 Å². The van der Waals surface area contributed by atoms with E-state index in [-0.39, 0.29) is 24.2 Å². The summed E-state index contributed by atoms with van der Waals surface area (Å²) in [7, 11) is 1.54. The fraction of sp³-hybridized carbons (Fsp3) is 0.545. The lowest BCUT2D eigenvalue weighted by Crippen LogP contribution is -2.37. The number of amides is 1. The molecule has 18 heavy (non-hydrogen) atoms. The Kier molecular flexibility index (Phi) is 5.73. The van der Waals surface area contributed by atoms with Crippen molar-refractivity contribution < 1.29 is 14.1 Å². The second-order valence-corrected chi connectivity index (χ2v) is 4.38. The molecule has 1 rings (SSSR count). The maximum atomic E-state index is 11.9. The van der Waals surface area contributed by atoms with E-state index in [1.807, 2.05) is 6.92 Å². The summed E-state index contributed by atoms with van der Waals surface area (Å²) >= 11 is 4.82. The molecule has 1 unspecified atom stereocenters. The fourth-order valence-corrected chi connectivity index (χ4v) is 1.63. The second kappa shape index (κ2) is 7.07. The quantitative estimate of drug-likeness (QED) is 0.719. The first-order chi connectivity index (χ1) is 8.56. The van der Waals surface area contributed by atoms with Gasteiger partial charge in [-0.3, -0.25) is 4.79 Å². The molecule has 0 saturated carbocycles. The van der Waals surface area contributed by atoms with Crippen LogP contribution in [0.1, 0.15) is 36.0 Å². The Morgan fingerprint density at radius 3 is 3.00 bits per heavy atom. The standard InChI is InChI=1S/C11H17N3O3S/c1-3-7(4-10(12)18)13-11(15)9-5-8(6-16-2)17-14-9/h5,7H,3-4,6H2,1-2H3,(H2,12,18)(H,13,15). The predicted octanol–water partition coefficient (Wildman–Crippen LogP) is 1.01. The Morgan fingerprint density at radius 2 is 2.44 bits per heavy atom. The van der Waals surface area contributed by atoms with Gasteiger partial charge in [-0.25, -0.2) is 0 Å². The molecule has 7 heteroatoms. The van der Waals surface area contributed by atoms with Crippen LogP contribution in [0, 0.1) is 0 Å². The SMILES string of the molecule is CCC(CC(N)=S)NC(=O)c1cc(COC)on1. The summed E-state index contributed by atoms with van der Waals surface area (Å²) in [6, 6.07) is 1.46. The van der Waals surface area contributed by atoms with Gasteiger partial charge in [0.05, 0.1) is 4.99 Å². The summed E-state index contributed by atoms with van der Waals surface area (Å²) in [5, 5.41) is 6.47. The number of hydrogen-bond acceptors (Lipinski definition) is 5. The Morgan fingerprint density at radius 1 is 1.72 bits per heavy atom. The van der Waals surface area contributed by atoms with Crippen molar-refractivity contribution in [3.05, 3.63) is 17.5 Å². The average Bonchev–Trinajstić information content (AvgIpc) is 2.76. The molecule has 0 radical (unpaired) electrons. The summed E-state index contributed by atoms with van der Waals surface area (Å²) in [6.07, 6.45) is 1.21. The molecule has 100 valence electrons. The molecule has 0 aromatic carbocycles. The van der Waals surface area contributed by atoms with Crippen LogP contribution in [-0.2, 0) is 11.3 Å². The third-order valence-corrected chi connectivity index (χ3v) is 2.52. The van der Waals surface area contributed by atoms with Gasteiger partial charge in [-0.1, -0.05) is 24.3 Å². The average molecular weight is 271 g/mol. The first kappa shape index (κ1) is 14.6. The number of thiocarbonyl (C=S) groups is 1. The Bertz CT molecular complexity index is 419. The highest BCUT2D eigenvalue weighted by Crippen LogP contribution is 2.06. The van der Waals surface area contributed by atoms with Crippen LogP contribution in [0.15, 0.2) is 10.6 Å². The van der Waals surface area contributed by atoms with Gasteiger partial charge < -0.3 is 20.3 Å². The van der Waals surface area contributed by atoms with Gasteiger partial charge >= 0.3 is 0 Å². The lowest BCUT2D eigenvalue weighted by Gasteiger charge is -2.14. The van der Waals surface area contributed by atoms with Gasteiger partial charge in [-0.05, 0) is 6.42 Å². The van der Waals surface area contributed by atoms with Crippen LogP contribution in [0.3, 0.4) is 0 Å². The maximum Gasteiger partial charge on any atom is 0.273 e. The van der Waals surface area contributed by atoms with Gasteiger partial charge in [0, 0.05) is 25.6 Å². The molecular weight excluding hydrogens is 254 g/mol. The van der Waals surface area contributed by atoms with Gasteiger partial charge in [-0.15, -0.1) is 0 Å². The van der Waals surface area contributed by atoms with E-state index < -0.39 is 0 Å². The molecule has 1 aromatic rings. The summed E-state index contributed by atoms with van der Waals surface area (Å²) in [5.41, 5.74) is 5.68. The Balaban J connectivity index is 2.59. The number of nitrogens with zero attached hydrogens (tertiary/aromatic N) is 1. The normalized spacial score (nSPS) is 12.1. The number of methoxy groups -OCH3 is 1. The molecule has 0 aliphatic carbocycles. The minimum absolute atomic E-state index is 0.0856. The minimum atomic E-state index is -0.302. The molecule has 3 N–H and O–H groups in total. The van der Waals surface area contributed by atoms with Gasteiger partial charge in [0.2, 0.25) is 0 Å². The molecule has 0 fully saturated rings. The van der Waals surface area contributed by atoms with Crippen LogP contribution in [0.2, 0.25) is 0 Å². The molecule has 1 heterocycles. The first-order valence-electron chi connectivity index (χ1n) is 5.60. The lowest BCUT2D eigenvalue weighted by molar-refractivity contribution is 0.0927. The molecular formula is C11H17N3O3S. The van der Waals surface area contributed by atoms with E-state index in [0.29, 0.717) is 17.2 Å². The van der Waals surface area contributed by atoms with E-state index in [1.165, 1.54) is 7.11 Å². The largest absolute Gasteiger partial charge is 0.393 e. The Hall–Kier alpha value is -1.47. The summed E-state index contributed by atoms with van der Waals surface area (Å²) in [4.78, 5) is 12.2. The number of nitrogens with one attached hydrogen (secondary N) is 1.